The first-order valence-corrected chi connectivity index (χ1v) is 13.5. The average molecular weight is 555 g/mol. The van der Waals surface area contributed by atoms with E-state index in [2.05, 4.69) is 14.9 Å². The molecule has 0 bridgehead atoms. The molecule has 0 spiro atoms. The third-order valence-electron chi connectivity index (χ3n) is 7.28. The molecule has 1 aromatic carbocycles. The van der Waals surface area contributed by atoms with Crippen molar-refractivity contribution in [2.24, 2.45) is 27.7 Å². The smallest absolute Gasteiger partial charge is 0.261 e. The molecule has 4 rings (SSSR count). The molecule has 0 aromatic heterocycles. The van der Waals surface area contributed by atoms with Crippen molar-refractivity contribution in [3.63, 3.8) is 0 Å². The van der Waals surface area contributed by atoms with E-state index in [1.54, 1.807) is 43.5 Å². The number of halogens is 4. The summed E-state index contributed by atoms with van der Waals surface area (Å²) in [6, 6.07) is 4.73. The van der Waals surface area contributed by atoms with Gasteiger partial charge in [0.15, 0.2) is 0 Å². The molecule has 210 valence electrons. The van der Waals surface area contributed by atoms with Crippen molar-refractivity contribution in [2.75, 3.05) is 46.9 Å². The average Bonchev–Trinajstić information content (AvgIpc) is 3.57. The number of alkyl halides is 2. The quantitative estimate of drug-likeness (QED) is 0.219. The van der Waals surface area contributed by atoms with E-state index in [1.807, 2.05) is 6.34 Å². The van der Waals surface area contributed by atoms with E-state index in [-0.39, 0.29) is 25.2 Å². The van der Waals surface area contributed by atoms with Gasteiger partial charge in [-0.3, -0.25) is 4.99 Å². The van der Waals surface area contributed by atoms with E-state index in [0.29, 0.717) is 41.7 Å². The molecule has 1 saturated carbocycles. The highest BCUT2D eigenvalue weighted by Gasteiger charge is 2.43. The standard InChI is InChI=1S/C23H29ClFN3O2.C5H9F2N/c1-26-14-20(24)15-27-16-28-8-4-17(5-9-28)22-12-19(22)7-11-30-21-3-2-18(6-10-29)23(25)13-21;1-8-3-2-5(6,7)4-8/h2-3,10,13-17,19,22H,4-9,11-12H2,1H3;2-4H2,1H3/b20-15+,26-14?,27-16?;. The number of rotatable bonds is 10. The molecule has 3 aliphatic rings. The fourth-order valence-electron chi connectivity index (χ4n) is 5.11. The summed E-state index contributed by atoms with van der Waals surface area (Å²) in [6.07, 6.45) is 10.5. The monoisotopic (exact) mass is 554 g/mol. The van der Waals surface area contributed by atoms with E-state index >= 15 is 0 Å². The Labute approximate surface area is 228 Å². The molecule has 2 saturated heterocycles. The predicted octanol–water partition coefficient (Wildman–Crippen LogP) is 5.45. The molecule has 38 heavy (non-hydrogen) atoms. The van der Waals surface area contributed by atoms with Crippen LogP contribution in [0.2, 0.25) is 0 Å². The van der Waals surface area contributed by atoms with Crippen molar-refractivity contribution in [3.8, 4) is 5.75 Å². The summed E-state index contributed by atoms with van der Waals surface area (Å²) < 4.78 is 43.9. The number of aldehydes is 1. The van der Waals surface area contributed by atoms with Gasteiger partial charge in [-0.2, -0.15) is 0 Å². The van der Waals surface area contributed by atoms with E-state index < -0.39 is 5.92 Å². The Morgan fingerprint density at radius 3 is 2.61 bits per heavy atom. The Kier molecular flexibility index (Phi) is 11.6. The number of carbonyl (C=O) groups excluding carboxylic acids is 1. The maximum Gasteiger partial charge on any atom is 0.261 e. The van der Waals surface area contributed by atoms with Crippen LogP contribution in [-0.2, 0) is 11.2 Å². The number of nitrogens with zero attached hydrogens (tertiary/aromatic N) is 4. The van der Waals surface area contributed by atoms with Crippen LogP contribution in [0.1, 0.15) is 37.7 Å². The second kappa shape index (κ2) is 14.7. The van der Waals surface area contributed by atoms with Gasteiger partial charge in [0.1, 0.15) is 17.9 Å². The molecule has 0 amide bonds. The fraction of sp³-hybridized carbons (Fsp3) is 0.607. The van der Waals surface area contributed by atoms with Crippen LogP contribution in [0, 0.1) is 23.6 Å². The van der Waals surface area contributed by atoms with Crippen LogP contribution in [0.25, 0.3) is 0 Å². The van der Waals surface area contributed by atoms with Gasteiger partial charge in [-0.15, -0.1) is 0 Å². The van der Waals surface area contributed by atoms with Gasteiger partial charge < -0.3 is 19.3 Å². The number of hydrogen-bond acceptors (Lipinski definition) is 5. The first-order chi connectivity index (χ1) is 18.2. The van der Waals surface area contributed by atoms with Crippen LogP contribution < -0.4 is 4.74 Å². The van der Waals surface area contributed by atoms with Gasteiger partial charge in [0, 0.05) is 58.0 Å². The zero-order valence-electron chi connectivity index (χ0n) is 22.2. The van der Waals surface area contributed by atoms with Gasteiger partial charge in [-0.1, -0.05) is 17.7 Å². The maximum atomic E-state index is 13.9. The number of allylic oxidation sites excluding steroid dienone is 1. The van der Waals surface area contributed by atoms with Crippen molar-refractivity contribution in [1.82, 2.24) is 9.80 Å². The molecule has 2 unspecified atom stereocenters. The molecule has 2 heterocycles. The summed E-state index contributed by atoms with van der Waals surface area (Å²) in [5, 5.41) is 0.520. The summed E-state index contributed by atoms with van der Waals surface area (Å²) in [4.78, 5) is 22.5. The number of aliphatic imine (C=N–C) groups is 2. The Balaban J connectivity index is 0.000000427. The van der Waals surface area contributed by atoms with Crippen LogP contribution in [0.4, 0.5) is 13.2 Å². The molecule has 1 aromatic rings. The number of hydrogen-bond donors (Lipinski definition) is 0. The highest BCUT2D eigenvalue weighted by atomic mass is 35.5. The van der Waals surface area contributed by atoms with E-state index in [9.17, 15) is 18.0 Å². The molecule has 2 atom stereocenters. The van der Waals surface area contributed by atoms with E-state index in [0.717, 1.165) is 31.3 Å². The minimum absolute atomic E-state index is 0.0312. The Hall–Kier alpha value is -2.39. The lowest BCUT2D eigenvalue weighted by atomic mass is 9.91. The topological polar surface area (TPSA) is 57.5 Å². The van der Waals surface area contributed by atoms with Gasteiger partial charge in [0.25, 0.3) is 5.92 Å². The molecule has 2 aliphatic heterocycles. The highest BCUT2D eigenvalue weighted by Crippen LogP contribution is 2.49. The number of likely N-dealkylation sites (tertiary alicyclic amines) is 2. The third-order valence-corrected chi connectivity index (χ3v) is 7.48. The first kappa shape index (κ1) is 30.2. The lowest BCUT2D eigenvalue weighted by molar-refractivity contribution is -0.107. The van der Waals surface area contributed by atoms with Gasteiger partial charge in [-0.05, 0) is 62.1 Å². The second-order valence-electron chi connectivity index (χ2n) is 10.3. The molecular weight excluding hydrogens is 517 g/mol. The number of benzene rings is 1. The summed E-state index contributed by atoms with van der Waals surface area (Å²) in [5.74, 6) is 0.0150. The summed E-state index contributed by atoms with van der Waals surface area (Å²) in [6.45, 7) is 3.12. The highest BCUT2D eigenvalue weighted by molar-refractivity contribution is 6.39. The molecule has 3 fully saturated rings. The summed E-state index contributed by atoms with van der Waals surface area (Å²) >= 11 is 5.93. The minimum Gasteiger partial charge on any atom is -0.493 e. The Bertz CT molecular complexity index is 996. The van der Waals surface area contributed by atoms with Crippen molar-refractivity contribution < 1.29 is 22.7 Å². The third kappa shape index (κ3) is 10.1. The SMILES string of the molecule is CN1CCC(F)(F)C1.CN=C/C(Cl)=C\N=CN1CCC(C2CC2CCOc2ccc(CC=O)c(F)c2)CC1. The van der Waals surface area contributed by atoms with Crippen molar-refractivity contribution >= 4 is 30.4 Å². The molecule has 0 N–H and O–H groups in total. The lowest BCUT2D eigenvalue weighted by Gasteiger charge is -2.30. The van der Waals surface area contributed by atoms with Gasteiger partial charge in [0.2, 0.25) is 0 Å². The molecule has 10 heteroatoms. The molecule has 1 aliphatic carbocycles. The maximum absolute atomic E-state index is 13.9. The van der Waals surface area contributed by atoms with Crippen LogP contribution in [0.3, 0.4) is 0 Å². The molecular formula is C28H38ClF3N4O2. The van der Waals surface area contributed by atoms with Gasteiger partial charge >= 0.3 is 0 Å². The van der Waals surface area contributed by atoms with Crippen molar-refractivity contribution in [3.05, 3.63) is 40.8 Å². The normalized spacial score (nSPS) is 24.1. The number of ether oxygens (including phenoxy) is 1. The largest absolute Gasteiger partial charge is 0.493 e. The second-order valence-corrected chi connectivity index (χ2v) is 10.7. The van der Waals surface area contributed by atoms with Gasteiger partial charge in [-0.25, -0.2) is 18.2 Å². The predicted molar refractivity (Wildman–Crippen MR) is 146 cm³/mol. The van der Waals surface area contributed by atoms with Gasteiger partial charge in [0.05, 0.1) is 24.5 Å². The van der Waals surface area contributed by atoms with Crippen LogP contribution in [0.15, 0.2) is 39.4 Å². The lowest BCUT2D eigenvalue weighted by Crippen LogP contribution is -2.33. The minimum atomic E-state index is -2.41. The number of carbonyl (C=O) groups is 1. The summed E-state index contributed by atoms with van der Waals surface area (Å²) in [7, 11) is 3.39. The number of piperidine rings is 1. The summed E-state index contributed by atoms with van der Waals surface area (Å²) in [5.41, 5.74) is 0.407. The van der Waals surface area contributed by atoms with Crippen molar-refractivity contribution in [1.29, 1.82) is 0 Å². The first-order valence-electron chi connectivity index (χ1n) is 13.2. The zero-order valence-corrected chi connectivity index (χ0v) is 22.9. The van der Waals surface area contributed by atoms with Crippen molar-refractivity contribution in [2.45, 2.75) is 44.4 Å². The van der Waals surface area contributed by atoms with E-state index in [1.165, 1.54) is 25.3 Å². The zero-order chi connectivity index (χ0) is 27.5. The van der Waals surface area contributed by atoms with Crippen LogP contribution in [0.5, 0.6) is 5.75 Å². The van der Waals surface area contributed by atoms with Crippen LogP contribution in [-0.4, -0.2) is 81.4 Å². The molecule has 0 radical (unpaired) electrons. The Morgan fingerprint density at radius 1 is 1.26 bits per heavy atom. The fourth-order valence-corrected chi connectivity index (χ4v) is 5.26. The Morgan fingerprint density at radius 2 is 2.03 bits per heavy atom. The van der Waals surface area contributed by atoms with Crippen LogP contribution >= 0.6 is 11.6 Å². The molecule has 6 nitrogen and oxygen atoms in total. The van der Waals surface area contributed by atoms with E-state index in [4.69, 9.17) is 16.3 Å².